The monoisotopic (exact) mass is 848 g/mol. The quantitative estimate of drug-likeness (QED) is 0.0908. The average molecular weight is 849 g/mol. The molecule has 0 heterocycles. The van der Waals surface area contributed by atoms with Crippen LogP contribution in [0.2, 0.25) is 0 Å². The molecule has 0 aliphatic carbocycles. The fourth-order valence-corrected chi connectivity index (χ4v) is 8.29. The SMILES string of the molecule is CC(C)(C)c1cc(CSc2ccccc2SCc2cc(C(C)(C)C)cc(-c3ccccc3)c2O)c(O)c(-c2ccccc2)c1.[CH2-]c1ccccc1.[CH2-]c1ccccc1.[Ti+2]. The van der Waals surface area contributed by atoms with E-state index in [9.17, 15) is 10.2 Å². The van der Waals surface area contributed by atoms with Gasteiger partial charge in [-0.1, -0.05) is 139 Å². The first kappa shape index (κ1) is 47.0. The van der Waals surface area contributed by atoms with E-state index in [1.165, 1.54) is 11.1 Å². The molecule has 0 spiro atoms. The van der Waals surface area contributed by atoms with Crippen molar-refractivity contribution in [2.75, 3.05) is 0 Å². The van der Waals surface area contributed by atoms with Crippen LogP contribution >= 0.6 is 23.5 Å². The van der Waals surface area contributed by atoms with Crippen molar-refractivity contribution in [2.24, 2.45) is 0 Å². The van der Waals surface area contributed by atoms with Crippen molar-refractivity contribution >= 4 is 23.5 Å². The molecule has 0 aliphatic heterocycles. The molecule has 0 saturated carbocycles. The maximum absolute atomic E-state index is 11.4. The Labute approximate surface area is 377 Å². The van der Waals surface area contributed by atoms with Crippen molar-refractivity contribution < 1.29 is 31.9 Å². The van der Waals surface area contributed by atoms with E-state index in [0.717, 1.165) is 54.3 Å². The summed E-state index contributed by atoms with van der Waals surface area (Å²) in [5.41, 5.74) is 10.1. The van der Waals surface area contributed by atoms with Crippen LogP contribution in [0.25, 0.3) is 22.3 Å². The van der Waals surface area contributed by atoms with E-state index in [4.69, 9.17) is 0 Å². The Morgan fingerprint density at radius 2 is 0.712 bits per heavy atom. The molecule has 2 nitrogen and oxygen atoms in total. The van der Waals surface area contributed by atoms with Gasteiger partial charge in [0.1, 0.15) is 11.5 Å². The van der Waals surface area contributed by atoms with Crippen molar-refractivity contribution in [3.05, 3.63) is 217 Å². The van der Waals surface area contributed by atoms with Gasteiger partial charge in [0.25, 0.3) is 0 Å². The summed E-state index contributed by atoms with van der Waals surface area (Å²) in [6.45, 7) is 20.7. The second-order valence-corrected chi connectivity index (χ2v) is 18.3. The number of hydrogen-bond acceptors (Lipinski definition) is 4. The molecule has 0 bridgehead atoms. The molecule has 0 aromatic heterocycles. The zero-order valence-corrected chi connectivity index (χ0v) is 38.4. The standard InChI is InChI=1S/C40H42O2S2.2C7H7.Ti/c1-39(2,3)31-21-29(37(41)33(23-31)27-15-9-7-10-16-27)25-43-35-19-13-14-20-36(35)44-26-30-22-32(40(4,5)6)24-34(38(30)42)28-17-11-8-12-18-28;2*1-7-5-3-2-4-6-7;/h7-24,41-42H,25-26H2,1-6H3;2*2-6H,1H2;/q;2*-1;+2. The molecule has 59 heavy (non-hydrogen) atoms. The number of aromatic hydroxyl groups is 2. The first-order valence-electron chi connectivity index (χ1n) is 19.6. The molecule has 0 amide bonds. The van der Waals surface area contributed by atoms with E-state index in [1.807, 2.05) is 97.1 Å². The second kappa shape index (κ2) is 22.1. The van der Waals surface area contributed by atoms with E-state index in [0.29, 0.717) is 23.0 Å². The summed E-state index contributed by atoms with van der Waals surface area (Å²) in [4.78, 5) is 2.32. The molecule has 0 radical (unpaired) electrons. The first-order valence-corrected chi connectivity index (χ1v) is 21.6. The second-order valence-electron chi connectivity index (χ2n) is 16.3. The number of phenols is 2. The van der Waals surface area contributed by atoms with Gasteiger partial charge in [0, 0.05) is 43.6 Å². The molecule has 0 saturated heterocycles. The van der Waals surface area contributed by atoms with E-state index < -0.39 is 0 Å². The number of hydrogen-bond donors (Lipinski definition) is 2. The minimum absolute atomic E-state index is 0. The van der Waals surface area contributed by atoms with Crippen LogP contribution in [0.3, 0.4) is 0 Å². The summed E-state index contributed by atoms with van der Waals surface area (Å²) in [6.07, 6.45) is 0. The van der Waals surface area contributed by atoms with Gasteiger partial charge in [0.2, 0.25) is 0 Å². The zero-order chi connectivity index (χ0) is 41.7. The van der Waals surface area contributed by atoms with Crippen LogP contribution in [0, 0.1) is 13.8 Å². The minimum Gasteiger partial charge on any atom is -0.507 e. The summed E-state index contributed by atoms with van der Waals surface area (Å²) in [5, 5.41) is 22.9. The minimum atomic E-state index is -0.0490. The summed E-state index contributed by atoms with van der Waals surface area (Å²) in [5.74, 6) is 1.99. The van der Waals surface area contributed by atoms with Crippen molar-refractivity contribution in [2.45, 2.75) is 73.7 Å². The Bertz CT molecular complexity index is 2160. The third kappa shape index (κ3) is 13.9. The summed E-state index contributed by atoms with van der Waals surface area (Å²) in [6, 6.07) is 57.0. The Morgan fingerprint density at radius 1 is 0.424 bits per heavy atom. The molecule has 0 aliphatic rings. The van der Waals surface area contributed by atoms with Crippen molar-refractivity contribution in [3.63, 3.8) is 0 Å². The Hall–Kier alpha value is -4.71. The van der Waals surface area contributed by atoms with Gasteiger partial charge < -0.3 is 10.2 Å². The van der Waals surface area contributed by atoms with Crippen molar-refractivity contribution in [3.8, 4) is 33.8 Å². The summed E-state index contributed by atoms with van der Waals surface area (Å²) < 4.78 is 0. The molecule has 5 heteroatoms. The molecule has 300 valence electrons. The van der Waals surface area contributed by atoms with Gasteiger partial charge in [-0.3, -0.25) is 0 Å². The predicted octanol–water partition coefficient (Wildman–Crippen LogP) is 15.3. The van der Waals surface area contributed by atoms with E-state index in [-0.39, 0.29) is 32.5 Å². The first-order chi connectivity index (χ1) is 27.7. The number of benzene rings is 7. The molecule has 7 aromatic carbocycles. The smallest absolute Gasteiger partial charge is 0.507 e. The topological polar surface area (TPSA) is 40.5 Å². The van der Waals surface area contributed by atoms with Crippen molar-refractivity contribution in [1.29, 1.82) is 0 Å². The Morgan fingerprint density at radius 3 is 0.983 bits per heavy atom. The number of phenolic OH excluding ortho intramolecular Hbond substituents is 2. The van der Waals surface area contributed by atoms with E-state index in [2.05, 4.69) is 128 Å². The number of thioether (sulfide) groups is 2. The maximum atomic E-state index is 11.4. The largest absolute Gasteiger partial charge is 2.00 e. The van der Waals surface area contributed by atoms with Gasteiger partial charge in [0.15, 0.2) is 0 Å². The van der Waals surface area contributed by atoms with Crippen LogP contribution in [-0.4, -0.2) is 10.2 Å². The summed E-state index contributed by atoms with van der Waals surface area (Å²) in [7, 11) is 0. The van der Waals surface area contributed by atoms with Crippen LogP contribution < -0.4 is 0 Å². The van der Waals surface area contributed by atoms with Crippen LogP contribution in [0.5, 0.6) is 11.5 Å². The molecule has 0 atom stereocenters. The van der Waals surface area contributed by atoms with E-state index in [1.54, 1.807) is 23.5 Å². The zero-order valence-electron chi connectivity index (χ0n) is 35.2. The van der Waals surface area contributed by atoms with Crippen LogP contribution in [-0.2, 0) is 44.1 Å². The van der Waals surface area contributed by atoms with Gasteiger partial charge in [-0.2, -0.15) is 49.2 Å². The fraction of sp³-hybridized carbons (Fsp3) is 0.185. The predicted molar refractivity (Wildman–Crippen MR) is 252 cm³/mol. The average Bonchev–Trinajstić information content (AvgIpc) is 3.21. The van der Waals surface area contributed by atoms with E-state index >= 15 is 0 Å². The molecule has 0 unspecified atom stereocenters. The normalized spacial score (nSPS) is 10.9. The van der Waals surface area contributed by atoms with Gasteiger partial charge in [-0.15, -0.1) is 47.8 Å². The third-order valence-corrected chi connectivity index (χ3v) is 12.0. The molecule has 0 fully saturated rings. The molecule has 2 N–H and O–H groups in total. The maximum Gasteiger partial charge on any atom is 2.00 e. The van der Waals surface area contributed by atoms with Crippen LogP contribution in [0.1, 0.15) is 74.9 Å². The third-order valence-electron chi connectivity index (χ3n) is 9.58. The Kier molecular flexibility index (Phi) is 17.6. The summed E-state index contributed by atoms with van der Waals surface area (Å²) >= 11 is 3.48. The van der Waals surface area contributed by atoms with Crippen LogP contribution in [0.15, 0.2) is 180 Å². The van der Waals surface area contributed by atoms with Gasteiger partial charge in [-0.05, 0) is 57.3 Å². The molecule has 7 aromatic rings. The molecule has 7 rings (SSSR count). The van der Waals surface area contributed by atoms with Gasteiger partial charge in [0.05, 0.1) is 0 Å². The van der Waals surface area contributed by atoms with Gasteiger partial charge >= 0.3 is 21.7 Å². The van der Waals surface area contributed by atoms with Gasteiger partial charge in [-0.25, -0.2) is 0 Å². The number of rotatable bonds is 8. The van der Waals surface area contributed by atoms with Crippen molar-refractivity contribution in [1.82, 2.24) is 0 Å². The Balaban J connectivity index is 0.000000430. The van der Waals surface area contributed by atoms with Crippen LogP contribution in [0.4, 0.5) is 0 Å². The molecular formula is C54H56O2S2Ti. The molecular weight excluding hydrogens is 793 g/mol. The fourth-order valence-electron chi connectivity index (χ4n) is 6.11.